The molecule has 1 fully saturated rings. The lowest BCUT2D eigenvalue weighted by Crippen LogP contribution is -2.49. The van der Waals surface area contributed by atoms with Crippen LogP contribution in [0.3, 0.4) is 0 Å². The van der Waals surface area contributed by atoms with Crippen molar-refractivity contribution in [1.82, 2.24) is 9.88 Å². The molecule has 0 aliphatic carbocycles. The minimum absolute atomic E-state index is 0.0164. The zero-order valence-electron chi connectivity index (χ0n) is 12.1. The molecule has 21 heavy (non-hydrogen) atoms. The molecule has 0 radical (unpaired) electrons. The quantitative estimate of drug-likeness (QED) is 0.869. The van der Waals surface area contributed by atoms with Crippen LogP contribution < -0.4 is 5.56 Å². The van der Waals surface area contributed by atoms with Crippen LogP contribution in [0.1, 0.15) is 24.2 Å². The summed E-state index contributed by atoms with van der Waals surface area (Å²) in [6.45, 7) is 4.88. The Bertz CT molecular complexity index is 728. The summed E-state index contributed by atoms with van der Waals surface area (Å²) in [4.78, 5) is 29.2. The lowest BCUT2D eigenvalue weighted by atomic mass is 10.1. The molecule has 1 aromatic carbocycles. The van der Waals surface area contributed by atoms with Crippen molar-refractivity contribution in [3.05, 3.63) is 46.2 Å². The lowest BCUT2D eigenvalue weighted by molar-refractivity contribution is -0.0586. The first kappa shape index (κ1) is 13.8. The zero-order valence-corrected chi connectivity index (χ0v) is 12.1. The highest BCUT2D eigenvalue weighted by atomic mass is 16.5. The van der Waals surface area contributed by atoms with Gasteiger partial charge in [0.1, 0.15) is 5.56 Å². The molecule has 0 spiro atoms. The molecule has 2 aromatic rings. The predicted molar refractivity (Wildman–Crippen MR) is 80.5 cm³/mol. The van der Waals surface area contributed by atoms with Gasteiger partial charge in [-0.05, 0) is 31.4 Å². The van der Waals surface area contributed by atoms with Gasteiger partial charge in [-0.15, -0.1) is 0 Å². The number of fused-ring (bicyclic) bond motifs is 1. The van der Waals surface area contributed by atoms with E-state index in [0.717, 1.165) is 10.9 Å². The van der Waals surface area contributed by atoms with Crippen molar-refractivity contribution < 1.29 is 9.53 Å². The molecule has 5 nitrogen and oxygen atoms in total. The maximum absolute atomic E-state index is 12.6. The van der Waals surface area contributed by atoms with Crippen LogP contribution >= 0.6 is 0 Å². The number of aromatic nitrogens is 1. The van der Waals surface area contributed by atoms with Crippen LogP contribution in [0.15, 0.2) is 35.1 Å². The average molecular weight is 286 g/mol. The van der Waals surface area contributed by atoms with Crippen molar-refractivity contribution in [1.29, 1.82) is 0 Å². The molecule has 3 rings (SSSR count). The van der Waals surface area contributed by atoms with Gasteiger partial charge < -0.3 is 14.6 Å². The smallest absolute Gasteiger partial charge is 0.261 e. The first-order chi connectivity index (χ1) is 10.0. The molecular weight excluding hydrogens is 268 g/mol. The normalized spacial score (nSPS) is 22.5. The van der Waals surface area contributed by atoms with Crippen molar-refractivity contribution in [2.45, 2.75) is 26.1 Å². The second-order valence-electron chi connectivity index (χ2n) is 5.57. The Balaban J connectivity index is 1.97. The predicted octanol–water partition coefficient (Wildman–Crippen LogP) is 1.78. The highest BCUT2D eigenvalue weighted by Crippen LogP contribution is 2.15. The Labute approximate surface area is 122 Å². The molecule has 110 valence electrons. The highest BCUT2D eigenvalue weighted by Gasteiger charge is 2.28. The summed E-state index contributed by atoms with van der Waals surface area (Å²) >= 11 is 0. The van der Waals surface area contributed by atoms with E-state index >= 15 is 0 Å². The number of pyridine rings is 1. The Kier molecular flexibility index (Phi) is 3.51. The molecule has 2 unspecified atom stereocenters. The van der Waals surface area contributed by atoms with Crippen LogP contribution in [0.4, 0.5) is 0 Å². The van der Waals surface area contributed by atoms with Crippen LogP contribution in [-0.2, 0) is 4.74 Å². The van der Waals surface area contributed by atoms with Gasteiger partial charge in [-0.25, -0.2) is 0 Å². The van der Waals surface area contributed by atoms with Gasteiger partial charge in [0.25, 0.3) is 11.5 Å². The first-order valence-corrected chi connectivity index (χ1v) is 7.11. The number of hydrogen-bond acceptors (Lipinski definition) is 3. The van der Waals surface area contributed by atoms with E-state index < -0.39 is 0 Å². The number of ether oxygens (including phenoxy) is 1. The number of para-hydroxylation sites is 1. The van der Waals surface area contributed by atoms with Crippen LogP contribution in [0, 0.1) is 0 Å². The van der Waals surface area contributed by atoms with E-state index in [-0.39, 0.29) is 29.2 Å². The molecule has 2 atom stereocenters. The third kappa shape index (κ3) is 2.69. The zero-order chi connectivity index (χ0) is 15.0. The van der Waals surface area contributed by atoms with E-state index in [1.54, 1.807) is 11.0 Å². The van der Waals surface area contributed by atoms with Crippen molar-refractivity contribution in [2.75, 3.05) is 13.1 Å². The second kappa shape index (κ2) is 5.33. The Morgan fingerprint density at radius 2 is 1.90 bits per heavy atom. The van der Waals surface area contributed by atoms with Gasteiger partial charge in [0.15, 0.2) is 0 Å². The van der Waals surface area contributed by atoms with Gasteiger partial charge in [-0.2, -0.15) is 0 Å². The molecule has 1 aliphatic heterocycles. The van der Waals surface area contributed by atoms with Crippen molar-refractivity contribution in [2.24, 2.45) is 0 Å². The van der Waals surface area contributed by atoms with Crippen LogP contribution in [0.25, 0.3) is 10.9 Å². The number of morpholine rings is 1. The van der Waals surface area contributed by atoms with Gasteiger partial charge in [-0.1, -0.05) is 18.2 Å². The number of carbonyl (C=O) groups excluding carboxylic acids is 1. The van der Waals surface area contributed by atoms with E-state index in [0.29, 0.717) is 13.1 Å². The Morgan fingerprint density at radius 1 is 1.24 bits per heavy atom. The van der Waals surface area contributed by atoms with Gasteiger partial charge in [0.2, 0.25) is 0 Å². The van der Waals surface area contributed by atoms with Crippen molar-refractivity contribution in [3.63, 3.8) is 0 Å². The van der Waals surface area contributed by atoms with Gasteiger partial charge in [0.05, 0.1) is 12.2 Å². The summed E-state index contributed by atoms with van der Waals surface area (Å²) in [5.41, 5.74) is 0.586. The Hall–Kier alpha value is -2.14. The molecular formula is C16H18N2O3. The number of rotatable bonds is 1. The summed E-state index contributed by atoms with van der Waals surface area (Å²) in [6, 6.07) is 9.11. The number of hydrogen-bond donors (Lipinski definition) is 1. The summed E-state index contributed by atoms with van der Waals surface area (Å²) < 4.78 is 5.62. The van der Waals surface area contributed by atoms with Gasteiger partial charge in [0, 0.05) is 18.6 Å². The number of nitrogens with zero attached hydrogens (tertiary/aromatic N) is 1. The topological polar surface area (TPSA) is 62.4 Å². The number of carbonyl (C=O) groups is 1. The fraction of sp³-hybridized carbons (Fsp3) is 0.375. The van der Waals surface area contributed by atoms with Gasteiger partial charge in [-0.3, -0.25) is 9.59 Å². The van der Waals surface area contributed by atoms with Crippen LogP contribution in [0.5, 0.6) is 0 Å². The Morgan fingerprint density at radius 3 is 2.62 bits per heavy atom. The maximum Gasteiger partial charge on any atom is 0.261 e. The highest BCUT2D eigenvalue weighted by molar-refractivity contribution is 5.97. The molecule has 1 N–H and O–H groups in total. The third-order valence-electron chi connectivity index (χ3n) is 3.69. The van der Waals surface area contributed by atoms with Gasteiger partial charge >= 0.3 is 0 Å². The summed E-state index contributed by atoms with van der Waals surface area (Å²) in [7, 11) is 0. The first-order valence-electron chi connectivity index (χ1n) is 7.11. The molecule has 0 bridgehead atoms. The number of H-pyrrole nitrogens is 1. The SMILES string of the molecule is CC1CN(C(=O)c2cc3ccccc3[nH]c2=O)CC(C)O1. The van der Waals surface area contributed by atoms with E-state index in [2.05, 4.69) is 4.98 Å². The van der Waals surface area contributed by atoms with E-state index in [1.165, 1.54) is 0 Å². The van der Waals surface area contributed by atoms with Crippen LogP contribution in [-0.4, -0.2) is 41.1 Å². The molecule has 1 aliphatic rings. The number of amides is 1. The molecule has 2 heterocycles. The summed E-state index contributed by atoms with van der Waals surface area (Å²) in [5, 5.41) is 0.856. The van der Waals surface area contributed by atoms with Crippen LogP contribution in [0.2, 0.25) is 0 Å². The maximum atomic E-state index is 12.6. The summed E-state index contributed by atoms with van der Waals surface area (Å²) in [6.07, 6.45) is -0.0329. The van der Waals surface area contributed by atoms with E-state index in [1.807, 2.05) is 38.1 Å². The fourth-order valence-electron chi connectivity index (χ4n) is 2.82. The molecule has 1 aromatic heterocycles. The van der Waals surface area contributed by atoms with Crippen molar-refractivity contribution in [3.8, 4) is 0 Å². The molecule has 1 saturated heterocycles. The molecule has 1 amide bonds. The standard InChI is InChI=1S/C16H18N2O3/c1-10-8-18(9-11(2)21-10)16(20)13-7-12-5-3-4-6-14(12)17-15(13)19/h3-7,10-11H,8-9H2,1-2H3,(H,17,19). The number of benzene rings is 1. The van der Waals surface area contributed by atoms with E-state index in [9.17, 15) is 9.59 Å². The monoisotopic (exact) mass is 286 g/mol. The minimum Gasteiger partial charge on any atom is -0.372 e. The lowest BCUT2D eigenvalue weighted by Gasteiger charge is -2.35. The van der Waals surface area contributed by atoms with Crippen molar-refractivity contribution >= 4 is 16.8 Å². The largest absolute Gasteiger partial charge is 0.372 e. The third-order valence-corrected chi connectivity index (χ3v) is 3.69. The summed E-state index contributed by atoms with van der Waals surface area (Å²) in [5.74, 6) is -0.232. The average Bonchev–Trinajstić information content (AvgIpc) is 2.44. The molecule has 0 saturated carbocycles. The second-order valence-corrected chi connectivity index (χ2v) is 5.57. The fourth-order valence-corrected chi connectivity index (χ4v) is 2.82. The number of nitrogens with one attached hydrogen (secondary N) is 1. The van der Waals surface area contributed by atoms with E-state index in [4.69, 9.17) is 4.74 Å². The molecule has 5 heteroatoms. The minimum atomic E-state index is -0.342. The number of aromatic amines is 1.